The molecule has 1 atom stereocenters. The molecule has 0 aliphatic carbocycles. The fraction of sp³-hybridized carbons (Fsp3) is 0.917. The second-order valence-corrected chi connectivity index (χ2v) is 4.24. The van der Waals surface area contributed by atoms with Crippen LogP contribution in [0, 0.1) is 5.92 Å². The molecule has 0 unspecified atom stereocenters. The maximum atomic E-state index is 10.3. The summed E-state index contributed by atoms with van der Waals surface area (Å²) < 4.78 is 0. The van der Waals surface area contributed by atoms with E-state index in [9.17, 15) is 4.79 Å². The van der Waals surface area contributed by atoms with Crippen molar-refractivity contribution in [2.75, 3.05) is 0 Å². The Labute approximate surface area is 87.7 Å². The van der Waals surface area contributed by atoms with Crippen molar-refractivity contribution in [1.82, 2.24) is 0 Å². The fourth-order valence-corrected chi connectivity index (χ4v) is 1.61. The smallest absolute Gasteiger partial charge is 0.303 e. The van der Waals surface area contributed by atoms with Crippen LogP contribution >= 0.6 is 0 Å². The van der Waals surface area contributed by atoms with E-state index in [0.29, 0.717) is 12.3 Å². The molecular formula is C12H24O2. The van der Waals surface area contributed by atoms with E-state index >= 15 is 0 Å². The monoisotopic (exact) mass is 200 g/mol. The van der Waals surface area contributed by atoms with Crippen LogP contribution in [-0.2, 0) is 4.79 Å². The van der Waals surface area contributed by atoms with Gasteiger partial charge in [-0.1, -0.05) is 52.4 Å². The molecule has 0 spiro atoms. The van der Waals surface area contributed by atoms with Crippen LogP contribution in [0.2, 0.25) is 0 Å². The minimum atomic E-state index is -0.664. The van der Waals surface area contributed by atoms with E-state index in [0.717, 1.165) is 6.42 Å². The van der Waals surface area contributed by atoms with Gasteiger partial charge in [-0.05, 0) is 12.3 Å². The summed E-state index contributed by atoms with van der Waals surface area (Å²) in [6.07, 6.45) is 8.89. The van der Waals surface area contributed by atoms with E-state index in [-0.39, 0.29) is 0 Å². The standard InChI is InChI=1S/C12H24O2/c1-3-4-5-6-7-8-11(2)9-10-12(13)14/h11H,3-10H2,1-2H3,(H,13,14)/t11-/m1/s1. The van der Waals surface area contributed by atoms with Crippen molar-refractivity contribution < 1.29 is 9.90 Å². The van der Waals surface area contributed by atoms with Crippen LogP contribution in [0.1, 0.15) is 65.2 Å². The Kier molecular flexibility index (Phi) is 8.70. The normalized spacial score (nSPS) is 12.7. The van der Waals surface area contributed by atoms with Gasteiger partial charge in [-0.3, -0.25) is 4.79 Å². The highest BCUT2D eigenvalue weighted by Gasteiger charge is 2.04. The molecule has 0 radical (unpaired) electrons. The van der Waals surface area contributed by atoms with Gasteiger partial charge < -0.3 is 5.11 Å². The van der Waals surface area contributed by atoms with Crippen LogP contribution in [0.25, 0.3) is 0 Å². The molecule has 0 bridgehead atoms. The fourth-order valence-electron chi connectivity index (χ4n) is 1.61. The lowest BCUT2D eigenvalue weighted by Crippen LogP contribution is -2.01. The Hall–Kier alpha value is -0.530. The van der Waals surface area contributed by atoms with Crippen LogP contribution in [-0.4, -0.2) is 11.1 Å². The van der Waals surface area contributed by atoms with E-state index in [1.165, 1.54) is 38.5 Å². The molecule has 0 aromatic heterocycles. The van der Waals surface area contributed by atoms with Crippen molar-refractivity contribution in [3.05, 3.63) is 0 Å². The zero-order valence-corrected chi connectivity index (χ0v) is 9.59. The molecule has 0 heterocycles. The predicted molar refractivity (Wildman–Crippen MR) is 59.4 cm³/mol. The van der Waals surface area contributed by atoms with Gasteiger partial charge >= 0.3 is 5.97 Å². The van der Waals surface area contributed by atoms with Crippen LogP contribution in [0.3, 0.4) is 0 Å². The average Bonchev–Trinajstić information content (AvgIpc) is 2.14. The van der Waals surface area contributed by atoms with Gasteiger partial charge in [0, 0.05) is 6.42 Å². The van der Waals surface area contributed by atoms with E-state index in [2.05, 4.69) is 13.8 Å². The third-order valence-electron chi connectivity index (χ3n) is 2.65. The number of carbonyl (C=O) groups is 1. The summed E-state index contributed by atoms with van der Waals surface area (Å²) in [5.74, 6) is -0.0874. The van der Waals surface area contributed by atoms with E-state index in [1.807, 2.05) is 0 Å². The molecule has 0 aromatic rings. The Balaban J connectivity index is 3.18. The lowest BCUT2D eigenvalue weighted by Gasteiger charge is -2.08. The second kappa shape index (κ2) is 9.04. The number of hydrogen-bond donors (Lipinski definition) is 1. The van der Waals surface area contributed by atoms with Gasteiger partial charge in [0.2, 0.25) is 0 Å². The van der Waals surface area contributed by atoms with Gasteiger partial charge in [0.15, 0.2) is 0 Å². The first-order valence-corrected chi connectivity index (χ1v) is 5.88. The average molecular weight is 200 g/mol. The molecule has 0 aliphatic heterocycles. The molecule has 0 aliphatic rings. The van der Waals surface area contributed by atoms with Crippen LogP contribution in [0.4, 0.5) is 0 Å². The van der Waals surface area contributed by atoms with Crippen molar-refractivity contribution >= 4 is 5.97 Å². The molecule has 1 N–H and O–H groups in total. The zero-order chi connectivity index (χ0) is 10.8. The molecule has 2 heteroatoms. The molecule has 2 nitrogen and oxygen atoms in total. The third kappa shape index (κ3) is 9.56. The third-order valence-corrected chi connectivity index (χ3v) is 2.65. The topological polar surface area (TPSA) is 37.3 Å². The molecule has 0 fully saturated rings. The summed E-state index contributed by atoms with van der Waals surface area (Å²) in [7, 11) is 0. The zero-order valence-electron chi connectivity index (χ0n) is 9.59. The van der Waals surface area contributed by atoms with Crippen molar-refractivity contribution in [3.63, 3.8) is 0 Å². The van der Waals surface area contributed by atoms with Crippen molar-refractivity contribution in [2.24, 2.45) is 5.92 Å². The first kappa shape index (κ1) is 13.5. The predicted octanol–water partition coefficient (Wildman–Crippen LogP) is 3.85. The molecule has 84 valence electrons. The first-order valence-electron chi connectivity index (χ1n) is 5.88. The summed E-state index contributed by atoms with van der Waals surface area (Å²) in [6, 6.07) is 0. The van der Waals surface area contributed by atoms with E-state index < -0.39 is 5.97 Å². The van der Waals surface area contributed by atoms with Gasteiger partial charge in [0.25, 0.3) is 0 Å². The van der Waals surface area contributed by atoms with Crippen LogP contribution in [0.5, 0.6) is 0 Å². The maximum absolute atomic E-state index is 10.3. The molecule has 0 saturated carbocycles. The minimum absolute atomic E-state index is 0.329. The molecule has 0 rings (SSSR count). The first-order chi connectivity index (χ1) is 6.66. The summed E-state index contributed by atoms with van der Waals surface area (Å²) in [4.78, 5) is 10.3. The van der Waals surface area contributed by atoms with Crippen LogP contribution < -0.4 is 0 Å². The summed E-state index contributed by atoms with van der Waals surface area (Å²) in [5.41, 5.74) is 0. The Morgan fingerprint density at radius 3 is 2.36 bits per heavy atom. The SMILES string of the molecule is CCCCCCC[C@@H](C)CCC(=O)O. The van der Waals surface area contributed by atoms with Gasteiger partial charge in [0.05, 0.1) is 0 Å². The van der Waals surface area contributed by atoms with Crippen molar-refractivity contribution in [2.45, 2.75) is 65.2 Å². The van der Waals surface area contributed by atoms with Gasteiger partial charge in [-0.25, -0.2) is 0 Å². The number of aliphatic carboxylic acids is 1. The molecule has 0 amide bonds. The van der Waals surface area contributed by atoms with E-state index in [1.54, 1.807) is 0 Å². The lowest BCUT2D eigenvalue weighted by molar-refractivity contribution is -0.137. The number of carboxylic acid groups (broad SMARTS) is 1. The quantitative estimate of drug-likeness (QED) is 0.574. The summed E-state index contributed by atoms with van der Waals surface area (Å²) >= 11 is 0. The van der Waals surface area contributed by atoms with Crippen LogP contribution in [0.15, 0.2) is 0 Å². The van der Waals surface area contributed by atoms with Crippen molar-refractivity contribution in [3.8, 4) is 0 Å². The van der Waals surface area contributed by atoms with Gasteiger partial charge in [0.1, 0.15) is 0 Å². The lowest BCUT2D eigenvalue weighted by atomic mass is 9.98. The largest absolute Gasteiger partial charge is 0.481 e. The van der Waals surface area contributed by atoms with Gasteiger partial charge in [-0.15, -0.1) is 0 Å². The molecule has 0 aromatic carbocycles. The number of rotatable bonds is 9. The maximum Gasteiger partial charge on any atom is 0.303 e. The number of unbranched alkanes of at least 4 members (excludes halogenated alkanes) is 4. The minimum Gasteiger partial charge on any atom is -0.481 e. The number of carboxylic acids is 1. The second-order valence-electron chi connectivity index (χ2n) is 4.24. The highest BCUT2D eigenvalue weighted by atomic mass is 16.4. The number of hydrogen-bond acceptors (Lipinski definition) is 1. The van der Waals surface area contributed by atoms with Crippen molar-refractivity contribution in [1.29, 1.82) is 0 Å². The highest BCUT2D eigenvalue weighted by molar-refractivity contribution is 5.66. The Morgan fingerprint density at radius 1 is 1.14 bits per heavy atom. The Morgan fingerprint density at radius 2 is 1.79 bits per heavy atom. The Bertz CT molecular complexity index is 143. The molecule has 0 saturated heterocycles. The van der Waals surface area contributed by atoms with E-state index in [4.69, 9.17) is 5.11 Å². The summed E-state index contributed by atoms with van der Waals surface area (Å²) in [5, 5.41) is 8.50. The molecule has 14 heavy (non-hydrogen) atoms. The van der Waals surface area contributed by atoms with Gasteiger partial charge in [-0.2, -0.15) is 0 Å². The highest BCUT2D eigenvalue weighted by Crippen LogP contribution is 2.15. The molecular weight excluding hydrogens is 176 g/mol. The summed E-state index contributed by atoms with van der Waals surface area (Å²) in [6.45, 7) is 4.37.